The molecule has 3 rings (SSSR count). The Labute approximate surface area is 153 Å². The summed E-state index contributed by atoms with van der Waals surface area (Å²) in [4.78, 5) is 11.2. The van der Waals surface area contributed by atoms with Gasteiger partial charge in [-0.15, -0.1) is 0 Å². The lowest BCUT2D eigenvalue weighted by Crippen LogP contribution is -2.21. The van der Waals surface area contributed by atoms with Crippen LogP contribution in [-0.2, 0) is 4.74 Å². The summed E-state index contributed by atoms with van der Waals surface area (Å²) in [6.45, 7) is 8.00. The van der Waals surface area contributed by atoms with E-state index in [-0.39, 0.29) is 5.82 Å². The summed E-state index contributed by atoms with van der Waals surface area (Å²) in [5.74, 6) is -0.363. The molecular weight excluding hydrogens is 357 g/mol. The molecule has 7 heteroatoms. The SMILES string of the molecule is COCC[Si](C)(C)C.Fc1ccc(-c2c[nH]c3nccc(Cl)c23)nc1. The van der Waals surface area contributed by atoms with Crippen molar-refractivity contribution in [3.8, 4) is 11.3 Å². The van der Waals surface area contributed by atoms with Crippen LogP contribution in [0.4, 0.5) is 4.39 Å². The van der Waals surface area contributed by atoms with Crippen molar-refractivity contribution in [2.45, 2.75) is 25.7 Å². The van der Waals surface area contributed by atoms with Crippen LogP contribution in [0.1, 0.15) is 0 Å². The number of H-pyrrole nitrogens is 1. The van der Waals surface area contributed by atoms with Crippen LogP contribution >= 0.6 is 11.6 Å². The number of pyridine rings is 2. The zero-order valence-electron chi connectivity index (χ0n) is 14.9. The molecule has 0 amide bonds. The van der Waals surface area contributed by atoms with Crippen LogP contribution < -0.4 is 0 Å². The highest BCUT2D eigenvalue weighted by Crippen LogP contribution is 2.31. The van der Waals surface area contributed by atoms with Crippen molar-refractivity contribution in [1.82, 2.24) is 15.0 Å². The minimum absolute atomic E-state index is 0.363. The van der Waals surface area contributed by atoms with E-state index in [4.69, 9.17) is 16.3 Å². The summed E-state index contributed by atoms with van der Waals surface area (Å²) >= 11 is 6.12. The number of halogens is 2. The molecule has 0 aliphatic heterocycles. The van der Waals surface area contributed by atoms with Gasteiger partial charge in [0.15, 0.2) is 0 Å². The molecule has 3 heterocycles. The highest BCUT2D eigenvalue weighted by molar-refractivity contribution is 6.76. The van der Waals surface area contributed by atoms with Gasteiger partial charge in [-0.2, -0.15) is 0 Å². The van der Waals surface area contributed by atoms with Crippen molar-refractivity contribution in [3.05, 3.63) is 47.6 Å². The van der Waals surface area contributed by atoms with Gasteiger partial charge in [0.2, 0.25) is 0 Å². The van der Waals surface area contributed by atoms with Crippen molar-refractivity contribution in [1.29, 1.82) is 0 Å². The molecule has 0 bridgehead atoms. The molecule has 0 fully saturated rings. The van der Waals surface area contributed by atoms with Crippen LogP contribution in [0.15, 0.2) is 36.8 Å². The molecule has 0 spiro atoms. The number of rotatable bonds is 4. The van der Waals surface area contributed by atoms with Gasteiger partial charge in [0.05, 0.1) is 16.9 Å². The maximum Gasteiger partial charge on any atom is 0.141 e. The van der Waals surface area contributed by atoms with E-state index in [0.29, 0.717) is 16.4 Å². The molecule has 0 atom stereocenters. The molecule has 25 heavy (non-hydrogen) atoms. The van der Waals surface area contributed by atoms with Crippen LogP contribution in [0, 0.1) is 5.82 Å². The molecule has 0 aliphatic carbocycles. The quantitative estimate of drug-likeness (QED) is 0.618. The Balaban J connectivity index is 0.000000242. The average Bonchev–Trinajstić information content (AvgIpc) is 2.99. The minimum atomic E-state index is -0.803. The van der Waals surface area contributed by atoms with E-state index in [1.54, 1.807) is 31.6 Å². The topological polar surface area (TPSA) is 50.8 Å². The van der Waals surface area contributed by atoms with Crippen molar-refractivity contribution < 1.29 is 9.13 Å². The number of nitrogens with one attached hydrogen (secondary N) is 1. The van der Waals surface area contributed by atoms with Gasteiger partial charge in [0, 0.05) is 45.1 Å². The number of aromatic nitrogens is 3. The van der Waals surface area contributed by atoms with Gasteiger partial charge in [0.25, 0.3) is 0 Å². The fourth-order valence-corrected chi connectivity index (χ4v) is 3.23. The first kappa shape index (κ1) is 19.6. The third-order valence-electron chi connectivity index (χ3n) is 3.58. The lowest BCUT2D eigenvalue weighted by molar-refractivity contribution is 0.214. The lowest BCUT2D eigenvalue weighted by Gasteiger charge is -2.13. The van der Waals surface area contributed by atoms with Crippen LogP contribution in [-0.4, -0.2) is 36.7 Å². The van der Waals surface area contributed by atoms with Gasteiger partial charge in [-0.05, 0) is 24.2 Å². The first-order valence-electron chi connectivity index (χ1n) is 8.04. The molecular formula is C18H23ClFN3OSi. The molecule has 3 aromatic rings. The molecule has 3 aromatic heterocycles. The van der Waals surface area contributed by atoms with Crippen molar-refractivity contribution in [2.75, 3.05) is 13.7 Å². The van der Waals surface area contributed by atoms with Crippen LogP contribution in [0.5, 0.6) is 0 Å². The van der Waals surface area contributed by atoms with E-state index < -0.39 is 8.07 Å². The predicted molar refractivity (Wildman–Crippen MR) is 104 cm³/mol. The normalized spacial score (nSPS) is 11.3. The van der Waals surface area contributed by atoms with Crippen molar-refractivity contribution in [3.63, 3.8) is 0 Å². The molecule has 0 saturated heterocycles. The smallest absolute Gasteiger partial charge is 0.141 e. The summed E-state index contributed by atoms with van der Waals surface area (Å²) in [6.07, 6.45) is 4.57. The highest BCUT2D eigenvalue weighted by atomic mass is 35.5. The van der Waals surface area contributed by atoms with Crippen LogP contribution in [0.2, 0.25) is 30.7 Å². The number of methoxy groups -OCH3 is 1. The third-order valence-corrected chi connectivity index (χ3v) is 5.60. The Hall–Kier alpha value is -1.76. The largest absolute Gasteiger partial charge is 0.385 e. The Morgan fingerprint density at radius 2 is 1.96 bits per heavy atom. The first-order valence-corrected chi connectivity index (χ1v) is 12.1. The lowest BCUT2D eigenvalue weighted by atomic mass is 10.1. The maximum atomic E-state index is 12.8. The van der Waals surface area contributed by atoms with E-state index in [2.05, 4.69) is 34.6 Å². The average molecular weight is 380 g/mol. The Kier molecular flexibility index (Phi) is 6.69. The number of ether oxygens (including phenoxy) is 1. The van der Waals surface area contributed by atoms with E-state index >= 15 is 0 Å². The predicted octanol–water partition coefficient (Wildman–Crippen LogP) is 5.39. The van der Waals surface area contributed by atoms with Crippen LogP contribution in [0.25, 0.3) is 22.3 Å². The van der Waals surface area contributed by atoms with E-state index in [1.807, 2.05) is 0 Å². The molecule has 0 saturated carbocycles. The summed E-state index contributed by atoms with van der Waals surface area (Å²) < 4.78 is 17.8. The molecule has 0 radical (unpaired) electrons. The van der Waals surface area contributed by atoms with Gasteiger partial charge in [-0.1, -0.05) is 31.2 Å². The Bertz CT molecular complexity index is 815. The number of nitrogens with zero attached hydrogens (tertiary/aromatic N) is 2. The molecule has 4 nitrogen and oxygen atoms in total. The number of aromatic amines is 1. The molecule has 1 N–H and O–H groups in total. The zero-order valence-corrected chi connectivity index (χ0v) is 16.7. The van der Waals surface area contributed by atoms with Crippen molar-refractivity contribution >= 4 is 30.7 Å². The van der Waals surface area contributed by atoms with E-state index in [9.17, 15) is 4.39 Å². The minimum Gasteiger partial charge on any atom is -0.385 e. The highest BCUT2D eigenvalue weighted by Gasteiger charge is 2.11. The fraction of sp³-hybridized carbons (Fsp3) is 0.333. The maximum absolute atomic E-state index is 12.8. The second-order valence-electron chi connectivity index (χ2n) is 6.88. The standard InChI is InChI=1S/C12H7ClFN3.C6H16OSi/c13-9-3-4-15-12-11(9)8(6-17-12)10-2-1-7(14)5-16-10;1-7-5-6-8(2,3)4/h1-6H,(H,15,17);5-6H2,1-4H3. The summed E-state index contributed by atoms with van der Waals surface area (Å²) in [6, 6.07) is 5.97. The second-order valence-corrected chi connectivity index (χ2v) is 12.9. The fourth-order valence-electron chi connectivity index (χ4n) is 2.16. The van der Waals surface area contributed by atoms with E-state index in [1.165, 1.54) is 18.3 Å². The van der Waals surface area contributed by atoms with Gasteiger partial charge >= 0.3 is 0 Å². The second kappa shape index (κ2) is 8.56. The summed E-state index contributed by atoms with van der Waals surface area (Å²) in [5, 5.41) is 1.39. The molecule has 0 aliphatic rings. The van der Waals surface area contributed by atoms with Gasteiger partial charge in [-0.3, -0.25) is 4.98 Å². The Morgan fingerprint density at radius 1 is 1.20 bits per heavy atom. The molecule has 0 unspecified atom stereocenters. The number of hydrogen-bond acceptors (Lipinski definition) is 3. The molecule has 0 aromatic carbocycles. The van der Waals surface area contributed by atoms with Gasteiger partial charge < -0.3 is 9.72 Å². The van der Waals surface area contributed by atoms with Crippen molar-refractivity contribution in [2.24, 2.45) is 0 Å². The molecule has 134 valence electrons. The number of hydrogen-bond donors (Lipinski definition) is 1. The first-order chi connectivity index (χ1) is 11.8. The zero-order chi connectivity index (χ0) is 18.4. The van der Waals surface area contributed by atoms with Gasteiger partial charge in [-0.25, -0.2) is 9.37 Å². The number of fused-ring (bicyclic) bond motifs is 1. The van der Waals surface area contributed by atoms with Gasteiger partial charge in [0.1, 0.15) is 11.5 Å². The summed E-state index contributed by atoms with van der Waals surface area (Å²) in [7, 11) is 0.961. The van der Waals surface area contributed by atoms with Crippen LogP contribution in [0.3, 0.4) is 0 Å². The third kappa shape index (κ3) is 5.62. The van der Waals surface area contributed by atoms with E-state index in [0.717, 1.165) is 17.6 Å². The summed E-state index contributed by atoms with van der Waals surface area (Å²) in [5.41, 5.74) is 2.17. The Morgan fingerprint density at radius 3 is 2.52 bits per heavy atom. The monoisotopic (exact) mass is 379 g/mol.